The number of imidazole rings is 1. The summed E-state index contributed by atoms with van der Waals surface area (Å²) >= 11 is 0. The van der Waals surface area contributed by atoms with Gasteiger partial charge in [0.2, 0.25) is 5.91 Å². The number of methoxy groups -OCH3 is 1. The maximum absolute atomic E-state index is 13.0. The zero-order valence-corrected chi connectivity index (χ0v) is 20.8. The van der Waals surface area contributed by atoms with E-state index >= 15 is 0 Å². The van der Waals surface area contributed by atoms with E-state index in [0.29, 0.717) is 13.0 Å². The number of amides is 1. The number of hydrogen-bond donors (Lipinski definition) is 0. The largest absolute Gasteiger partial charge is 0.497 e. The number of nitrogens with zero attached hydrogens (tertiary/aromatic N) is 3. The molecule has 0 saturated carbocycles. The second-order valence-corrected chi connectivity index (χ2v) is 9.55. The first-order chi connectivity index (χ1) is 16.7. The third-order valence-corrected chi connectivity index (χ3v) is 7.02. The number of aryl methyl sites for hydroxylation is 1. The third kappa shape index (κ3) is 5.81. The fourth-order valence-corrected chi connectivity index (χ4v) is 5.13. The molecular weight excluding hydrogens is 422 g/mol. The Morgan fingerprint density at radius 1 is 0.941 bits per heavy atom. The van der Waals surface area contributed by atoms with Crippen molar-refractivity contribution in [3.63, 3.8) is 0 Å². The predicted molar refractivity (Wildman–Crippen MR) is 140 cm³/mol. The minimum absolute atomic E-state index is 0.102. The first-order valence-electron chi connectivity index (χ1n) is 13.1. The van der Waals surface area contributed by atoms with Gasteiger partial charge in [0.25, 0.3) is 0 Å². The molecule has 1 amide bonds. The Morgan fingerprint density at radius 3 is 2.44 bits per heavy atom. The summed E-state index contributed by atoms with van der Waals surface area (Å²) < 4.78 is 7.74. The molecule has 0 bridgehead atoms. The highest BCUT2D eigenvalue weighted by atomic mass is 16.5. The number of carbonyl (C=O) groups excluding carboxylic acids is 1. The van der Waals surface area contributed by atoms with Crippen molar-refractivity contribution in [3.05, 3.63) is 54.4 Å². The quantitative estimate of drug-likeness (QED) is 0.255. The SMILES string of the molecule is CCCCCCCCCCCn1c([C@@H]2CC(=O)N(c3cccc(OC)c3)C2)nc2ccccc21. The van der Waals surface area contributed by atoms with Gasteiger partial charge in [-0.05, 0) is 30.7 Å². The average molecular weight is 462 g/mol. The lowest BCUT2D eigenvalue weighted by Gasteiger charge is -2.18. The monoisotopic (exact) mass is 461 g/mol. The second kappa shape index (κ2) is 12.0. The topological polar surface area (TPSA) is 47.4 Å². The normalized spacial score (nSPS) is 16.0. The molecule has 3 aromatic rings. The minimum Gasteiger partial charge on any atom is -0.497 e. The third-order valence-electron chi connectivity index (χ3n) is 7.02. The number of anilines is 1. The molecular formula is C29H39N3O2. The number of fused-ring (bicyclic) bond motifs is 1. The summed E-state index contributed by atoms with van der Waals surface area (Å²) in [6.07, 6.45) is 12.4. The van der Waals surface area contributed by atoms with Gasteiger partial charge in [0, 0.05) is 37.2 Å². The van der Waals surface area contributed by atoms with Gasteiger partial charge >= 0.3 is 0 Å². The molecule has 34 heavy (non-hydrogen) atoms. The summed E-state index contributed by atoms with van der Waals surface area (Å²) in [4.78, 5) is 19.9. The standard InChI is InChI=1S/C29H39N3O2/c1-3-4-5-6-7-8-9-10-13-19-31-27-18-12-11-17-26(27)30-29(31)23-20-28(33)32(22-23)24-15-14-16-25(21-24)34-2/h11-12,14-18,21,23H,3-10,13,19-20,22H2,1-2H3/t23-/m1/s1. The van der Waals surface area contributed by atoms with Crippen LogP contribution in [0.3, 0.4) is 0 Å². The average Bonchev–Trinajstić information content (AvgIpc) is 3.43. The molecule has 0 N–H and O–H groups in total. The molecule has 182 valence electrons. The van der Waals surface area contributed by atoms with Crippen molar-refractivity contribution in [1.82, 2.24) is 9.55 Å². The fraction of sp³-hybridized carbons (Fsp3) is 0.517. The van der Waals surface area contributed by atoms with E-state index in [1.54, 1.807) is 7.11 Å². The number of rotatable bonds is 13. The van der Waals surface area contributed by atoms with Crippen LogP contribution in [0.15, 0.2) is 48.5 Å². The van der Waals surface area contributed by atoms with Crippen LogP contribution >= 0.6 is 0 Å². The molecule has 0 aliphatic carbocycles. The maximum atomic E-state index is 13.0. The van der Waals surface area contributed by atoms with Gasteiger partial charge in [-0.1, -0.05) is 76.5 Å². The Balaban J connectivity index is 1.41. The summed E-state index contributed by atoms with van der Waals surface area (Å²) in [5.41, 5.74) is 3.11. The van der Waals surface area contributed by atoms with Crippen molar-refractivity contribution in [1.29, 1.82) is 0 Å². The number of aromatic nitrogens is 2. The van der Waals surface area contributed by atoms with E-state index in [1.807, 2.05) is 35.2 Å². The second-order valence-electron chi connectivity index (χ2n) is 9.55. The van der Waals surface area contributed by atoms with E-state index in [2.05, 4.69) is 29.7 Å². The molecule has 5 heteroatoms. The van der Waals surface area contributed by atoms with Crippen molar-refractivity contribution in [2.45, 2.75) is 83.6 Å². The number of benzene rings is 2. The van der Waals surface area contributed by atoms with Crippen molar-refractivity contribution in [2.24, 2.45) is 0 Å². The van der Waals surface area contributed by atoms with Gasteiger partial charge in [-0.2, -0.15) is 0 Å². The molecule has 1 aliphatic rings. The summed E-state index contributed by atoms with van der Waals surface area (Å²) in [5, 5.41) is 0. The van der Waals surface area contributed by atoms with E-state index in [1.165, 1.54) is 56.9 Å². The zero-order valence-electron chi connectivity index (χ0n) is 20.8. The Hall–Kier alpha value is -2.82. The number of ether oxygens (including phenoxy) is 1. The predicted octanol–water partition coefficient (Wildman–Crippen LogP) is 7.10. The van der Waals surface area contributed by atoms with Crippen LogP contribution in [0.4, 0.5) is 5.69 Å². The van der Waals surface area contributed by atoms with Gasteiger partial charge in [0.15, 0.2) is 0 Å². The lowest BCUT2D eigenvalue weighted by Crippen LogP contribution is -2.24. The molecule has 1 aliphatic heterocycles. The molecule has 2 heterocycles. The molecule has 0 unspecified atom stereocenters. The Morgan fingerprint density at radius 2 is 1.68 bits per heavy atom. The Labute approximate surface area is 204 Å². The lowest BCUT2D eigenvalue weighted by atomic mass is 10.1. The molecule has 5 nitrogen and oxygen atoms in total. The van der Waals surface area contributed by atoms with Crippen LogP contribution in [0.1, 0.15) is 82.9 Å². The van der Waals surface area contributed by atoms with E-state index in [9.17, 15) is 4.79 Å². The highest BCUT2D eigenvalue weighted by Crippen LogP contribution is 2.34. The fourth-order valence-electron chi connectivity index (χ4n) is 5.13. The van der Waals surface area contributed by atoms with Crippen molar-refractivity contribution < 1.29 is 9.53 Å². The van der Waals surface area contributed by atoms with Crippen LogP contribution in [0, 0.1) is 0 Å². The van der Waals surface area contributed by atoms with Gasteiger partial charge in [-0.25, -0.2) is 4.98 Å². The number of para-hydroxylation sites is 2. The highest BCUT2D eigenvalue weighted by Gasteiger charge is 2.34. The van der Waals surface area contributed by atoms with Crippen LogP contribution in [0.5, 0.6) is 5.75 Å². The lowest BCUT2D eigenvalue weighted by molar-refractivity contribution is -0.117. The first-order valence-corrected chi connectivity index (χ1v) is 13.1. The Kier molecular flexibility index (Phi) is 8.62. The summed E-state index contributed by atoms with van der Waals surface area (Å²) in [6.45, 7) is 3.90. The van der Waals surface area contributed by atoms with Crippen LogP contribution in [-0.4, -0.2) is 29.1 Å². The van der Waals surface area contributed by atoms with Gasteiger partial charge in [0.05, 0.1) is 18.1 Å². The molecule has 4 rings (SSSR count). The first kappa shape index (κ1) is 24.3. The van der Waals surface area contributed by atoms with Crippen LogP contribution in [0.2, 0.25) is 0 Å². The smallest absolute Gasteiger partial charge is 0.227 e. The summed E-state index contributed by atoms with van der Waals surface area (Å²) in [5.74, 6) is 2.08. The molecule has 1 atom stereocenters. The van der Waals surface area contributed by atoms with Crippen molar-refractivity contribution >= 4 is 22.6 Å². The van der Waals surface area contributed by atoms with E-state index in [4.69, 9.17) is 9.72 Å². The molecule has 1 aromatic heterocycles. The van der Waals surface area contributed by atoms with Crippen molar-refractivity contribution in [3.8, 4) is 5.75 Å². The summed E-state index contributed by atoms with van der Waals surface area (Å²) in [6, 6.07) is 16.1. The number of unbranched alkanes of at least 4 members (excludes halogenated alkanes) is 8. The molecule has 0 radical (unpaired) electrons. The molecule has 1 saturated heterocycles. The van der Waals surface area contributed by atoms with Crippen molar-refractivity contribution in [2.75, 3.05) is 18.6 Å². The molecule has 2 aromatic carbocycles. The van der Waals surface area contributed by atoms with Gasteiger partial charge in [0.1, 0.15) is 11.6 Å². The molecule has 0 spiro atoms. The number of hydrogen-bond acceptors (Lipinski definition) is 3. The van der Waals surface area contributed by atoms with E-state index in [0.717, 1.165) is 35.7 Å². The highest BCUT2D eigenvalue weighted by molar-refractivity contribution is 5.96. The molecule has 1 fully saturated rings. The van der Waals surface area contributed by atoms with Gasteiger partial charge < -0.3 is 14.2 Å². The maximum Gasteiger partial charge on any atom is 0.227 e. The Bertz CT molecular complexity index is 1070. The van der Waals surface area contributed by atoms with Crippen LogP contribution in [0.25, 0.3) is 11.0 Å². The van der Waals surface area contributed by atoms with Gasteiger partial charge in [-0.15, -0.1) is 0 Å². The van der Waals surface area contributed by atoms with Crippen LogP contribution in [-0.2, 0) is 11.3 Å². The van der Waals surface area contributed by atoms with E-state index < -0.39 is 0 Å². The zero-order chi connectivity index (χ0) is 23.8. The van der Waals surface area contributed by atoms with E-state index in [-0.39, 0.29) is 11.8 Å². The number of carbonyl (C=O) groups is 1. The minimum atomic E-state index is 0.102. The van der Waals surface area contributed by atoms with Gasteiger partial charge in [-0.3, -0.25) is 4.79 Å². The van der Waals surface area contributed by atoms with Crippen LogP contribution < -0.4 is 9.64 Å². The summed E-state index contributed by atoms with van der Waals surface area (Å²) in [7, 11) is 1.66.